The number of unbranched alkanes of at least 4 members (excludes halogenated alkanes) is 18. The molecular formula is C38H61NO5. The molecule has 0 aromatic heterocycles. The highest BCUT2D eigenvalue weighted by Gasteiger charge is 2.11. The maximum Gasteiger partial charge on any atom is 0.272 e. The summed E-state index contributed by atoms with van der Waals surface area (Å²) in [6.45, 7) is 7.98. The molecule has 0 amide bonds. The largest absolute Gasteiger partial charge is 0.493 e. The van der Waals surface area contributed by atoms with Crippen molar-refractivity contribution in [3.63, 3.8) is 0 Å². The Bertz CT molecular complexity index is 980. The van der Waals surface area contributed by atoms with Gasteiger partial charge in [0.05, 0.1) is 18.1 Å². The molecule has 0 heterocycles. The van der Waals surface area contributed by atoms with E-state index in [0.717, 1.165) is 29.9 Å². The summed E-state index contributed by atoms with van der Waals surface area (Å²) in [4.78, 5) is 10.8. The number of nitro groups is 1. The molecule has 0 N–H and O–H groups in total. The summed E-state index contributed by atoms with van der Waals surface area (Å²) < 4.78 is 18.3. The van der Waals surface area contributed by atoms with Gasteiger partial charge in [0.25, 0.3) is 5.69 Å². The van der Waals surface area contributed by atoms with Crippen LogP contribution in [0.5, 0.6) is 17.2 Å². The molecule has 6 nitrogen and oxygen atoms in total. The second kappa shape index (κ2) is 24.5. The molecule has 248 valence electrons. The van der Waals surface area contributed by atoms with Gasteiger partial charge in [-0.05, 0) is 49.6 Å². The zero-order chi connectivity index (χ0) is 31.7. The number of hydrogen-bond acceptors (Lipinski definition) is 5. The lowest BCUT2D eigenvalue weighted by atomic mass is 10.1. The fourth-order valence-corrected chi connectivity index (χ4v) is 5.53. The van der Waals surface area contributed by atoms with Crippen LogP contribution in [0.25, 0.3) is 0 Å². The molecule has 0 saturated heterocycles. The smallest absolute Gasteiger partial charge is 0.272 e. The Labute approximate surface area is 268 Å². The zero-order valence-corrected chi connectivity index (χ0v) is 28.2. The Kier molecular flexibility index (Phi) is 20.9. The number of aryl methyl sites for hydroxylation is 1. The van der Waals surface area contributed by atoms with E-state index in [-0.39, 0.29) is 10.6 Å². The van der Waals surface area contributed by atoms with Crippen molar-refractivity contribution in [1.82, 2.24) is 0 Å². The third kappa shape index (κ3) is 17.5. The molecule has 0 saturated carbocycles. The van der Waals surface area contributed by atoms with Crippen LogP contribution < -0.4 is 14.2 Å². The molecular weight excluding hydrogens is 550 g/mol. The van der Waals surface area contributed by atoms with E-state index in [2.05, 4.69) is 13.8 Å². The van der Waals surface area contributed by atoms with Crippen molar-refractivity contribution in [2.24, 2.45) is 0 Å². The molecule has 0 radical (unpaired) electrons. The summed E-state index contributed by atoms with van der Waals surface area (Å²) in [5, 5.41) is 11.2. The van der Waals surface area contributed by atoms with Gasteiger partial charge in [0.2, 0.25) is 0 Å². The number of nitro benzene ring substituents is 1. The first-order chi connectivity index (χ1) is 21.5. The van der Waals surface area contributed by atoms with Crippen LogP contribution in [0.1, 0.15) is 153 Å². The van der Waals surface area contributed by atoms with Gasteiger partial charge in [-0.2, -0.15) is 0 Å². The van der Waals surface area contributed by atoms with Gasteiger partial charge < -0.3 is 14.2 Å². The van der Waals surface area contributed by atoms with Crippen LogP contribution in [0.4, 0.5) is 5.69 Å². The first-order valence-corrected chi connectivity index (χ1v) is 17.8. The average Bonchev–Trinajstić information content (AvgIpc) is 3.01. The van der Waals surface area contributed by atoms with Crippen molar-refractivity contribution in [1.29, 1.82) is 0 Å². The van der Waals surface area contributed by atoms with Crippen molar-refractivity contribution < 1.29 is 19.1 Å². The van der Waals surface area contributed by atoms with Crippen molar-refractivity contribution in [2.45, 2.75) is 156 Å². The molecule has 0 atom stereocenters. The van der Waals surface area contributed by atoms with Crippen LogP contribution in [0, 0.1) is 17.0 Å². The molecule has 0 unspecified atom stereocenters. The van der Waals surface area contributed by atoms with E-state index in [0.29, 0.717) is 31.1 Å². The predicted octanol–water partition coefficient (Wildman–Crippen LogP) is 12.1. The first-order valence-electron chi connectivity index (χ1n) is 17.8. The second-order valence-electron chi connectivity index (χ2n) is 12.4. The molecule has 0 aliphatic rings. The normalized spacial score (nSPS) is 11.1. The maximum atomic E-state index is 11.2. The van der Waals surface area contributed by atoms with E-state index in [1.807, 2.05) is 18.2 Å². The van der Waals surface area contributed by atoms with Crippen LogP contribution >= 0.6 is 0 Å². The number of rotatable bonds is 28. The van der Waals surface area contributed by atoms with Crippen molar-refractivity contribution in [3.8, 4) is 17.2 Å². The number of ether oxygens (including phenoxy) is 3. The summed E-state index contributed by atoms with van der Waals surface area (Å²) in [5.41, 5.74) is 1.64. The van der Waals surface area contributed by atoms with Gasteiger partial charge in [-0.25, -0.2) is 0 Å². The summed E-state index contributed by atoms with van der Waals surface area (Å²) in [6.07, 6.45) is 26.0. The molecule has 2 aromatic rings. The fourth-order valence-electron chi connectivity index (χ4n) is 5.53. The van der Waals surface area contributed by atoms with Crippen LogP contribution in [0.2, 0.25) is 0 Å². The van der Waals surface area contributed by atoms with Crippen LogP contribution in [0.3, 0.4) is 0 Å². The number of nitrogens with zero attached hydrogens (tertiary/aromatic N) is 1. The quantitative estimate of drug-likeness (QED) is 0.0544. The molecule has 0 bridgehead atoms. The lowest BCUT2D eigenvalue weighted by Crippen LogP contribution is -2.03. The Morgan fingerprint density at radius 1 is 0.545 bits per heavy atom. The monoisotopic (exact) mass is 611 g/mol. The van der Waals surface area contributed by atoms with Gasteiger partial charge in [0.1, 0.15) is 23.9 Å². The summed E-state index contributed by atoms with van der Waals surface area (Å²) in [7, 11) is 0. The highest BCUT2D eigenvalue weighted by molar-refractivity contribution is 5.44. The summed E-state index contributed by atoms with van der Waals surface area (Å²) >= 11 is 0. The van der Waals surface area contributed by atoms with Gasteiger partial charge in [0.15, 0.2) is 0 Å². The van der Waals surface area contributed by atoms with E-state index < -0.39 is 0 Å². The van der Waals surface area contributed by atoms with Crippen LogP contribution in [-0.4, -0.2) is 18.1 Å². The predicted molar refractivity (Wildman–Crippen MR) is 183 cm³/mol. The highest BCUT2D eigenvalue weighted by atomic mass is 16.6. The molecule has 0 fully saturated rings. The standard InChI is InChI=1S/C38H61NO5/c1-4-6-8-10-12-14-16-18-20-22-26-42-36-29-34(32-44-35-24-25-38(39(40)41)33(3)28-35)30-37(31-36)43-27-23-21-19-17-15-13-11-9-7-5-2/h24-25,28-31H,4-23,26-27,32H2,1-3H3. The van der Waals surface area contributed by atoms with E-state index in [9.17, 15) is 10.1 Å². The van der Waals surface area contributed by atoms with Gasteiger partial charge in [-0.3, -0.25) is 10.1 Å². The second-order valence-corrected chi connectivity index (χ2v) is 12.4. The molecule has 2 rings (SSSR count). The van der Waals surface area contributed by atoms with Crippen molar-refractivity contribution >= 4 is 5.69 Å². The SMILES string of the molecule is CCCCCCCCCCCCOc1cc(COc2ccc([N+](=O)[O-])c(C)c2)cc(OCCCCCCCCCCCC)c1. The minimum absolute atomic E-state index is 0.0994. The topological polar surface area (TPSA) is 70.8 Å². The Balaban J connectivity index is 1.80. The van der Waals surface area contributed by atoms with E-state index in [1.165, 1.54) is 122 Å². The first kappa shape index (κ1) is 37.4. The molecule has 0 aliphatic carbocycles. The fraction of sp³-hybridized carbons (Fsp3) is 0.684. The van der Waals surface area contributed by atoms with E-state index in [4.69, 9.17) is 14.2 Å². The van der Waals surface area contributed by atoms with Gasteiger partial charge in [-0.1, -0.05) is 129 Å². The Morgan fingerprint density at radius 2 is 0.977 bits per heavy atom. The number of hydrogen-bond donors (Lipinski definition) is 0. The third-order valence-electron chi connectivity index (χ3n) is 8.24. The van der Waals surface area contributed by atoms with Crippen molar-refractivity contribution in [2.75, 3.05) is 13.2 Å². The summed E-state index contributed by atoms with van der Waals surface area (Å²) in [6, 6.07) is 10.9. The molecule has 44 heavy (non-hydrogen) atoms. The third-order valence-corrected chi connectivity index (χ3v) is 8.24. The van der Waals surface area contributed by atoms with Crippen LogP contribution in [0.15, 0.2) is 36.4 Å². The van der Waals surface area contributed by atoms with Crippen molar-refractivity contribution in [3.05, 3.63) is 57.6 Å². The molecule has 6 heteroatoms. The minimum Gasteiger partial charge on any atom is -0.493 e. The average molecular weight is 612 g/mol. The number of benzene rings is 2. The lowest BCUT2D eigenvalue weighted by Gasteiger charge is -2.14. The zero-order valence-electron chi connectivity index (χ0n) is 28.2. The van der Waals surface area contributed by atoms with E-state index in [1.54, 1.807) is 19.1 Å². The molecule has 0 aliphatic heterocycles. The molecule has 0 spiro atoms. The van der Waals surface area contributed by atoms with E-state index >= 15 is 0 Å². The lowest BCUT2D eigenvalue weighted by molar-refractivity contribution is -0.385. The Hall–Kier alpha value is -2.76. The minimum atomic E-state index is -0.368. The maximum absolute atomic E-state index is 11.2. The van der Waals surface area contributed by atoms with Gasteiger partial charge in [-0.15, -0.1) is 0 Å². The van der Waals surface area contributed by atoms with Gasteiger partial charge >= 0.3 is 0 Å². The van der Waals surface area contributed by atoms with Gasteiger partial charge in [0, 0.05) is 17.7 Å². The molecule has 2 aromatic carbocycles. The highest BCUT2D eigenvalue weighted by Crippen LogP contribution is 2.27. The Morgan fingerprint density at radius 3 is 1.39 bits per heavy atom. The summed E-state index contributed by atoms with van der Waals surface area (Å²) in [5.74, 6) is 2.22. The van der Waals surface area contributed by atoms with Crippen LogP contribution in [-0.2, 0) is 6.61 Å².